The lowest BCUT2D eigenvalue weighted by molar-refractivity contribution is -0.0161. The number of halogens is 1. The Hall–Kier alpha value is -0.0800. The van der Waals surface area contributed by atoms with Crippen LogP contribution in [0.15, 0.2) is 4.99 Å². The first-order valence-electron chi connectivity index (χ1n) is 6.43. The van der Waals surface area contributed by atoms with Crippen LogP contribution in [-0.2, 0) is 4.74 Å². The summed E-state index contributed by atoms with van der Waals surface area (Å²) in [6.45, 7) is 7.94. The van der Waals surface area contributed by atoms with Crippen molar-refractivity contribution in [3.8, 4) is 0 Å². The molecule has 2 atom stereocenters. The molecule has 2 unspecified atom stereocenters. The van der Waals surface area contributed by atoms with Gasteiger partial charge in [-0.25, -0.2) is 0 Å². The molecule has 0 saturated carbocycles. The standard InChI is InChI=1S/C12H26N4O.HI/c1-5-10(2)15-12(13-3)14-8-11-9-16(4)6-7-17-11;/h10-11H,5-9H2,1-4H3,(H2,13,14,15);1H. The van der Waals surface area contributed by atoms with Crippen molar-refractivity contribution < 1.29 is 4.74 Å². The van der Waals surface area contributed by atoms with Crippen molar-refractivity contribution in [3.05, 3.63) is 0 Å². The number of nitrogens with one attached hydrogen (secondary N) is 2. The molecule has 6 heteroatoms. The predicted molar refractivity (Wildman–Crippen MR) is 86.9 cm³/mol. The quantitative estimate of drug-likeness (QED) is 0.439. The van der Waals surface area contributed by atoms with Crippen molar-refractivity contribution in [1.29, 1.82) is 0 Å². The third-order valence-corrected chi connectivity index (χ3v) is 3.06. The van der Waals surface area contributed by atoms with Crippen LogP contribution in [0.4, 0.5) is 0 Å². The van der Waals surface area contributed by atoms with Gasteiger partial charge in [0.05, 0.1) is 12.7 Å². The van der Waals surface area contributed by atoms with Gasteiger partial charge < -0.3 is 20.3 Å². The fourth-order valence-electron chi connectivity index (χ4n) is 1.73. The molecule has 0 spiro atoms. The average molecular weight is 370 g/mol. The van der Waals surface area contributed by atoms with Gasteiger partial charge in [0.15, 0.2) is 5.96 Å². The summed E-state index contributed by atoms with van der Waals surface area (Å²) in [6.07, 6.45) is 1.34. The molecule has 0 bridgehead atoms. The number of hydrogen-bond donors (Lipinski definition) is 2. The monoisotopic (exact) mass is 370 g/mol. The summed E-state index contributed by atoms with van der Waals surface area (Å²) < 4.78 is 5.69. The smallest absolute Gasteiger partial charge is 0.191 e. The SMILES string of the molecule is CCC(C)NC(=NC)NCC1CN(C)CCO1.I. The number of hydrogen-bond acceptors (Lipinski definition) is 3. The Kier molecular flexibility index (Phi) is 9.76. The summed E-state index contributed by atoms with van der Waals surface area (Å²) in [6, 6.07) is 0.441. The van der Waals surface area contributed by atoms with E-state index in [2.05, 4.69) is 41.4 Å². The zero-order valence-corrected chi connectivity index (χ0v) is 14.2. The fraction of sp³-hybridized carbons (Fsp3) is 0.917. The molecule has 1 heterocycles. The minimum Gasteiger partial charge on any atom is -0.374 e. The summed E-state index contributed by atoms with van der Waals surface area (Å²) in [4.78, 5) is 6.50. The largest absolute Gasteiger partial charge is 0.374 e. The van der Waals surface area contributed by atoms with E-state index >= 15 is 0 Å². The summed E-state index contributed by atoms with van der Waals surface area (Å²) in [7, 11) is 3.92. The van der Waals surface area contributed by atoms with Gasteiger partial charge in [-0.2, -0.15) is 0 Å². The summed E-state index contributed by atoms with van der Waals surface area (Å²) >= 11 is 0. The second-order valence-corrected chi connectivity index (χ2v) is 4.66. The lowest BCUT2D eigenvalue weighted by Crippen LogP contribution is -2.49. The van der Waals surface area contributed by atoms with Crippen molar-refractivity contribution in [2.24, 2.45) is 4.99 Å². The van der Waals surface area contributed by atoms with E-state index in [4.69, 9.17) is 4.74 Å². The molecule has 0 aromatic carbocycles. The lowest BCUT2D eigenvalue weighted by atomic mass is 10.2. The van der Waals surface area contributed by atoms with Gasteiger partial charge in [0.2, 0.25) is 0 Å². The fourth-order valence-corrected chi connectivity index (χ4v) is 1.73. The highest BCUT2D eigenvalue weighted by Crippen LogP contribution is 2.01. The Morgan fingerprint density at radius 1 is 1.56 bits per heavy atom. The molecule has 1 saturated heterocycles. The molecule has 5 nitrogen and oxygen atoms in total. The molecular weight excluding hydrogens is 343 g/mol. The maximum absolute atomic E-state index is 5.69. The van der Waals surface area contributed by atoms with Crippen LogP contribution >= 0.6 is 24.0 Å². The van der Waals surface area contributed by atoms with Gasteiger partial charge in [-0.3, -0.25) is 4.99 Å². The maximum Gasteiger partial charge on any atom is 0.191 e. The number of guanidine groups is 1. The Morgan fingerprint density at radius 3 is 2.83 bits per heavy atom. The zero-order chi connectivity index (χ0) is 12.7. The van der Waals surface area contributed by atoms with E-state index in [1.54, 1.807) is 7.05 Å². The van der Waals surface area contributed by atoms with E-state index in [0.29, 0.717) is 6.04 Å². The number of aliphatic imine (C=N–C) groups is 1. The van der Waals surface area contributed by atoms with Crippen LogP contribution in [0.25, 0.3) is 0 Å². The number of nitrogens with zero attached hydrogens (tertiary/aromatic N) is 2. The maximum atomic E-state index is 5.69. The Balaban J connectivity index is 0.00000289. The van der Waals surface area contributed by atoms with Gasteiger partial charge in [-0.05, 0) is 20.4 Å². The molecule has 1 aliphatic rings. The molecule has 108 valence electrons. The molecule has 0 radical (unpaired) electrons. The van der Waals surface area contributed by atoms with E-state index in [-0.39, 0.29) is 30.1 Å². The minimum absolute atomic E-state index is 0. The predicted octanol–water partition coefficient (Wildman–Crippen LogP) is 0.898. The topological polar surface area (TPSA) is 48.9 Å². The highest BCUT2D eigenvalue weighted by Gasteiger charge is 2.17. The highest BCUT2D eigenvalue weighted by atomic mass is 127. The van der Waals surface area contributed by atoms with Crippen LogP contribution in [0.1, 0.15) is 20.3 Å². The van der Waals surface area contributed by atoms with Crippen LogP contribution in [0.3, 0.4) is 0 Å². The van der Waals surface area contributed by atoms with Gasteiger partial charge in [0.25, 0.3) is 0 Å². The zero-order valence-electron chi connectivity index (χ0n) is 11.9. The summed E-state index contributed by atoms with van der Waals surface area (Å²) in [5, 5.41) is 6.65. The van der Waals surface area contributed by atoms with Gasteiger partial charge in [-0.15, -0.1) is 24.0 Å². The number of ether oxygens (including phenoxy) is 1. The van der Waals surface area contributed by atoms with Crippen LogP contribution in [0.2, 0.25) is 0 Å². The van der Waals surface area contributed by atoms with E-state index < -0.39 is 0 Å². The third kappa shape index (κ3) is 6.75. The molecule has 1 rings (SSSR count). The molecule has 0 aliphatic carbocycles. The Bertz CT molecular complexity index is 250. The molecular formula is C12H27IN4O. The average Bonchev–Trinajstić information content (AvgIpc) is 2.34. The molecule has 0 aromatic rings. The van der Waals surface area contributed by atoms with E-state index in [0.717, 1.165) is 38.6 Å². The first-order chi connectivity index (χ1) is 8.15. The molecule has 18 heavy (non-hydrogen) atoms. The number of rotatable bonds is 4. The summed E-state index contributed by atoms with van der Waals surface area (Å²) in [5.41, 5.74) is 0. The van der Waals surface area contributed by atoms with Gasteiger partial charge >= 0.3 is 0 Å². The molecule has 0 amide bonds. The van der Waals surface area contributed by atoms with E-state index in [9.17, 15) is 0 Å². The van der Waals surface area contributed by atoms with Crippen LogP contribution in [0, 0.1) is 0 Å². The first-order valence-corrected chi connectivity index (χ1v) is 6.43. The lowest BCUT2D eigenvalue weighted by Gasteiger charge is -2.30. The molecule has 2 N–H and O–H groups in total. The Morgan fingerprint density at radius 2 is 2.28 bits per heavy atom. The van der Waals surface area contributed by atoms with Crippen molar-refractivity contribution in [2.45, 2.75) is 32.4 Å². The van der Waals surface area contributed by atoms with Crippen molar-refractivity contribution >= 4 is 29.9 Å². The van der Waals surface area contributed by atoms with Crippen LogP contribution < -0.4 is 10.6 Å². The van der Waals surface area contributed by atoms with Gasteiger partial charge in [0, 0.05) is 32.7 Å². The molecule has 1 fully saturated rings. The van der Waals surface area contributed by atoms with Crippen LogP contribution in [-0.4, -0.2) is 63.3 Å². The first kappa shape index (κ1) is 17.9. The Labute approximate surface area is 128 Å². The summed E-state index contributed by atoms with van der Waals surface area (Å²) in [5.74, 6) is 0.858. The molecule has 1 aliphatic heterocycles. The van der Waals surface area contributed by atoms with Gasteiger partial charge in [0.1, 0.15) is 0 Å². The second kappa shape index (κ2) is 9.80. The normalized spacial score (nSPS) is 23.1. The second-order valence-electron chi connectivity index (χ2n) is 4.66. The highest BCUT2D eigenvalue weighted by molar-refractivity contribution is 14.0. The minimum atomic E-state index is 0. The number of likely N-dealkylation sites (N-methyl/N-ethyl adjacent to an activating group) is 1. The van der Waals surface area contributed by atoms with Crippen LogP contribution in [0.5, 0.6) is 0 Å². The third-order valence-electron chi connectivity index (χ3n) is 3.06. The van der Waals surface area contributed by atoms with E-state index in [1.165, 1.54) is 0 Å². The van der Waals surface area contributed by atoms with Gasteiger partial charge in [-0.1, -0.05) is 6.92 Å². The van der Waals surface area contributed by atoms with E-state index in [1.807, 2.05) is 0 Å². The van der Waals surface area contributed by atoms with Crippen molar-refractivity contribution in [2.75, 3.05) is 40.3 Å². The molecule has 0 aromatic heterocycles. The van der Waals surface area contributed by atoms with Crippen molar-refractivity contribution in [1.82, 2.24) is 15.5 Å². The van der Waals surface area contributed by atoms with Crippen molar-refractivity contribution in [3.63, 3.8) is 0 Å². The number of morpholine rings is 1.